The van der Waals surface area contributed by atoms with Gasteiger partial charge in [0.25, 0.3) is 5.91 Å². The fourth-order valence-corrected chi connectivity index (χ4v) is 8.03. The van der Waals surface area contributed by atoms with Gasteiger partial charge in [-0.1, -0.05) is 27.7 Å². The smallest absolute Gasteiger partial charge is 0.326 e. The van der Waals surface area contributed by atoms with Crippen LogP contribution in [0.15, 0.2) is 6.07 Å². The number of fused-ring (bicyclic) bond motifs is 5. The number of Topliss-reactive ketones (excluding diaryl/α,β-unsaturated/α-hetero) is 1. The number of nitrogens with zero attached hydrogens (tertiary/aromatic N) is 1. The second-order valence-electron chi connectivity index (χ2n) is 12.2. The van der Waals surface area contributed by atoms with Crippen molar-refractivity contribution in [2.75, 3.05) is 0 Å². The maximum absolute atomic E-state index is 13.3. The number of carboxylic acids is 2. The topological polar surface area (TPSA) is 141 Å². The third-order valence-corrected chi connectivity index (χ3v) is 10.2. The van der Waals surface area contributed by atoms with E-state index in [1.807, 2.05) is 13.8 Å². The lowest BCUT2D eigenvalue weighted by Crippen LogP contribution is -2.66. The van der Waals surface area contributed by atoms with Gasteiger partial charge in [-0.05, 0) is 43.6 Å². The predicted octanol–water partition coefficient (Wildman–Crippen LogP) is 3.78. The van der Waals surface area contributed by atoms with E-state index in [1.54, 1.807) is 0 Å². The van der Waals surface area contributed by atoms with Crippen LogP contribution in [0.3, 0.4) is 0 Å². The average Bonchev–Trinajstić information content (AvgIpc) is 3.36. The summed E-state index contributed by atoms with van der Waals surface area (Å²) in [4.78, 5) is 50.4. The van der Waals surface area contributed by atoms with Gasteiger partial charge in [0.05, 0.1) is 12.1 Å². The van der Waals surface area contributed by atoms with Gasteiger partial charge in [0, 0.05) is 41.2 Å². The largest absolute Gasteiger partial charge is 0.508 e. The van der Waals surface area contributed by atoms with Gasteiger partial charge in [0.15, 0.2) is 0 Å². The van der Waals surface area contributed by atoms with Crippen LogP contribution in [0.25, 0.3) is 0 Å². The number of ether oxygens (including phenoxy) is 1. The van der Waals surface area contributed by atoms with E-state index in [0.29, 0.717) is 36.1 Å². The number of amides is 1. The van der Waals surface area contributed by atoms with Crippen molar-refractivity contribution in [1.82, 2.24) is 4.90 Å². The fraction of sp³-hybridized carbons (Fsp3) is 0.643. The molecule has 1 spiro atoms. The fourth-order valence-electron chi connectivity index (χ4n) is 8.03. The third-order valence-electron chi connectivity index (χ3n) is 10.2. The zero-order valence-corrected chi connectivity index (χ0v) is 21.8. The monoisotopic (exact) mass is 513 g/mol. The van der Waals surface area contributed by atoms with Crippen molar-refractivity contribution in [3.05, 3.63) is 22.8 Å². The van der Waals surface area contributed by atoms with Gasteiger partial charge < -0.3 is 25.0 Å². The molecule has 200 valence electrons. The average molecular weight is 514 g/mol. The minimum atomic E-state index is -1.30. The lowest BCUT2D eigenvalue weighted by atomic mass is 9.44. The maximum atomic E-state index is 13.3. The summed E-state index contributed by atoms with van der Waals surface area (Å²) in [6, 6.07) is 0.0983. The van der Waals surface area contributed by atoms with Gasteiger partial charge in [-0.25, -0.2) is 4.79 Å². The molecule has 5 atom stereocenters. The Balaban J connectivity index is 1.55. The van der Waals surface area contributed by atoms with Crippen molar-refractivity contribution in [1.29, 1.82) is 0 Å². The number of ketones is 1. The molecule has 2 aliphatic carbocycles. The lowest BCUT2D eigenvalue weighted by Gasteiger charge is -2.62. The molecule has 0 saturated heterocycles. The SMILES string of the molecule is C[C@@H]1CC[C@@H]2C(C)(C)C(=O)CC[C@]2(C)[C@]12Cc1c(O)cc3c(c1O2)CN([C@@H](CCC(=O)O)C(=O)O)C3=O. The summed E-state index contributed by atoms with van der Waals surface area (Å²) in [5, 5.41) is 29.9. The Labute approximate surface area is 215 Å². The molecule has 2 heterocycles. The molecular weight excluding hydrogens is 478 g/mol. The van der Waals surface area contributed by atoms with Gasteiger partial charge in [0.1, 0.15) is 28.9 Å². The highest BCUT2D eigenvalue weighted by molar-refractivity contribution is 6.02. The first-order valence-electron chi connectivity index (χ1n) is 13.1. The molecule has 2 aliphatic heterocycles. The first-order chi connectivity index (χ1) is 17.2. The summed E-state index contributed by atoms with van der Waals surface area (Å²) in [6.45, 7) is 8.38. The van der Waals surface area contributed by atoms with E-state index in [1.165, 1.54) is 11.0 Å². The first-order valence-corrected chi connectivity index (χ1v) is 13.1. The van der Waals surface area contributed by atoms with E-state index in [-0.39, 0.29) is 53.7 Å². The number of phenolic OH excluding ortho intramolecular Hbond substituents is 1. The molecule has 37 heavy (non-hydrogen) atoms. The normalized spacial score (nSPS) is 32.5. The quantitative estimate of drug-likeness (QED) is 0.540. The van der Waals surface area contributed by atoms with Gasteiger partial charge in [0.2, 0.25) is 0 Å². The molecule has 2 saturated carbocycles. The Morgan fingerprint density at radius 3 is 2.51 bits per heavy atom. The summed E-state index contributed by atoms with van der Waals surface area (Å²) in [5.74, 6) is -2.07. The zero-order chi connectivity index (χ0) is 27.1. The van der Waals surface area contributed by atoms with E-state index in [4.69, 9.17) is 9.84 Å². The predicted molar refractivity (Wildman–Crippen MR) is 131 cm³/mol. The van der Waals surface area contributed by atoms with E-state index in [0.717, 1.165) is 12.8 Å². The molecule has 1 aromatic carbocycles. The van der Waals surface area contributed by atoms with Gasteiger partial charge in [-0.15, -0.1) is 0 Å². The Kier molecular flexibility index (Phi) is 5.66. The van der Waals surface area contributed by atoms with Crippen LogP contribution < -0.4 is 4.74 Å². The van der Waals surface area contributed by atoms with Crippen molar-refractivity contribution in [3.8, 4) is 11.5 Å². The van der Waals surface area contributed by atoms with Crippen LogP contribution in [0, 0.1) is 22.7 Å². The van der Waals surface area contributed by atoms with E-state index < -0.39 is 34.9 Å². The van der Waals surface area contributed by atoms with E-state index in [2.05, 4.69) is 13.8 Å². The Bertz CT molecular complexity index is 1220. The lowest BCUT2D eigenvalue weighted by molar-refractivity contribution is -0.188. The highest BCUT2D eigenvalue weighted by Crippen LogP contribution is 2.66. The number of aliphatic carboxylic acids is 2. The number of carbonyl (C=O) groups excluding carboxylic acids is 2. The summed E-state index contributed by atoms with van der Waals surface area (Å²) in [6.07, 6.45) is 2.79. The number of carboxylic acid groups (broad SMARTS) is 2. The Morgan fingerprint density at radius 1 is 1.16 bits per heavy atom. The minimum absolute atomic E-state index is 0.0258. The molecule has 5 rings (SSSR count). The van der Waals surface area contributed by atoms with Crippen LogP contribution in [0.1, 0.15) is 87.7 Å². The van der Waals surface area contributed by atoms with Gasteiger partial charge in [-0.2, -0.15) is 0 Å². The Morgan fingerprint density at radius 2 is 1.86 bits per heavy atom. The van der Waals surface area contributed by atoms with Crippen molar-refractivity contribution in [2.45, 2.75) is 90.8 Å². The van der Waals surface area contributed by atoms with Crippen molar-refractivity contribution >= 4 is 23.6 Å². The Hall–Kier alpha value is -3.10. The second kappa shape index (κ2) is 8.20. The molecule has 3 N–H and O–H groups in total. The van der Waals surface area contributed by atoms with Crippen molar-refractivity contribution in [3.63, 3.8) is 0 Å². The molecule has 9 nitrogen and oxygen atoms in total. The molecule has 0 bridgehead atoms. The molecule has 2 fully saturated rings. The molecule has 1 aromatic rings. The molecule has 9 heteroatoms. The maximum Gasteiger partial charge on any atom is 0.326 e. The highest BCUT2D eigenvalue weighted by atomic mass is 16.5. The second-order valence-corrected chi connectivity index (χ2v) is 12.2. The van der Waals surface area contributed by atoms with Crippen LogP contribution >= 0.6 is 0 Å². The summed E-state index contributed by atoms with van der Waals surface area (Å²) >= 11 is 0. The van der Waals surface area contributed by atoms with E-state index in [9.17, 15) is 29.4 Å². The summed E-state index contributed by atoms with van der Waals surface area (Å²) in [7, 11) is 0. The van der Waals surface area contributed by atoms with Crippen LogP contribution in [-0.4, -0.2) is 55.5 Å². The van der Waals surface area contributed by atoms with Crippen LogP contribution in [0.5, 0.6) is 11.5 Å². The summed E-state index contributed by atoms with van der Waals surface area (Å²) in [5.41, 5.74) is -0.148. The number of rotatable bonds is 5. The standard InChI is InChI=1S/C28H35NO8/c1-14-5-7-20-26(2,3)21(31)9-10-27(20,4)28(14)12-16-19(30)11-15-17(23(16)37-28)13-29(24(15)34)18(25(35)36)6-8-22(32)33/h11,14,18,20,30H,5-10,12-13H2,1-4H3,(H,32,33)(H,35,36)/t14-,18+,20-,27+,28+/m1/s1. The van der Waals surface area contributed by atoms with Crippen molar-refractivity contribution < 1.29 is 39.2 Å². The van der Waals surface area contributed by atoms with Gasteiger partial charge in [-0.3, -0.25) is 14.4 Å². The van der Waals surface area contributed by atoms with Crippen LogP contribution in [0.2, 0.25) is 0 Å². The number of hydrogen-bond donors (Lipinski definition) is 3. The molecular formula is C28H35NO8. The van der Waals surface area contributed by atoms with Crippen LogP contribution in [-0.2, 0) is 27.3 Å². The number of hydrogen-bond acceptors (Lipinski definition) is 6. The minimum Gasteiger partial charge on any atom is -0.508 e. The number of benzene rings is 1. The summed E-state index contributed by atoms with van der Waals surface area (Å²) < 4.78 is 6.92. The zero-order valence-electron chi connectivity index (χ0n) is 21.8. The van der Waals surface area contributed by atoms with Gasteiger partial charge >= 0.3 is 11.9 Å². The van der Waals surface area contributed by atoms with Crippen molar-refractivity contribution in [2.24, 2.45) is 22.7 Å². The molecule has 0 radical (unpaired) electrons. The highest BCUT2D eigenvalue weighted by Gasteiger charge is 2.67. The molecule has 0 aromatic heterocycles. The van der Waals surface area contributed by atoms with Crippen LogP contribution in [0.4, 0.5) is 0 Å². The molecule has 1 amide bonds. The number of aromatic hydroxyl groups is 1. The number of phenols is 1. The molecule has 4 aliphatic rings. The third kappa shape index (κ3) is 3.42. The molecule has 0 unspecified atom stereocenters. The van der Waals surface area contributed by atoms with E-state index >= 15 is 0 Å². The first kappa shape index (κ1) is 25.5. The number of carbonyl (C=O) groups is 4.